The van der Waals surface area contributed by atoms with Crippen molar-refractivity contribution < 1.29 is 9.59 Å². The number of carbonyl (C=O) groups excluding carboxylic acids is 2. The lowest BCUT2D eigenvalue weighted by molar-refractivity contribution is -0.137. The Morgan fingerprint density at radius 3 is 2.63 bits per heavy atom. The number of nitrogens with two attached hydrogens (primary N) is 1. The topological polar surface area (TPSA) is 75.4 Å². The molecule has 1 aromatic rings. The number of thiophene rings is 1. The van der Waals surface area contributed by atoms with E-state index in [1.807, 2.05) is 38.3 Å². The van der Waals surface area contributed by atoms with Gasteiger partial charge < -0.3 is 16.0 Å². The highest BCUT2D eigenvalue weighted by Crippen LogP contribution is 2.18. The van der Waals surface area contributed by atoms with Gasteiger partial charge in [0.1, 0.15) is 6.04 Å². The maximum Gasteiger partial charge on any atom is 0.245 e. The van der Waals surface area contributed by atoms with E-state index in [0.717, 1.165) is 4.88 Å². The minimum Gasteiger partial charge on any atom is -0.352 e. The predicted octanol–water partition coefficient (Wildman–Crippen LogP) is 1.12. The average Bonchev–Trinajstić information content (AvgIpc) is 2.87. The van der Waals surface area contributed by atoms with Crippen molar-refractivity contribution in [2.75, 3.05) is 13.1 Å². The van der Waals surface area contributed by atoms with Crippen LogP contribution in [0.5, 0.6) is 0 Å². The first-order valence-electron chi connectivity index (χ1n) is 6.32. The summed E-state index contributed by atoms with van der Waals surface area (Å²) < 4.78 is 0. The van der Waals surface area contributed by atoms with Crippen LogP contribution in [0.15, 0.2) is 17.5 Å². The summed E-state index contributed by atoms with van der Waals surface area (Å²) in [6.07, 6.45) is 0. The highest BCUT2D eigenvalue weighted by atomic mass is 32.1. The number of rotatable bonds is 6. The van der Waals surface area contributed by atoms with E-state index in [-0.39, 0.29) is 24.4 Å². The molecule has 0 aliphatic heterocycles. The molecule has 1 atom stereocenters. The Labute approximate surface area is 117 Å². The second-order valence-electron chi connectivity index (χ2n) is 4.57. The van der Waals surface area contributed by atoms with Gasteiger partial charge in [-0.25, -0.2) is 0 Å². The molecule has 5 nitrogen and oxygen atoms in total. The zero-order valence-electron chi connectivity index (χ0n) is 11.6. The zero-order valence-corrected chi connectivity index (χ0v) is 12.4. The fourth-order valence-corrected chi connectivity index (χ4v) is 2.39. The van der Waals surface area contributed by atoms with Gasteiger partial charge in [0.15, 0.2) is 0 Å². The summed E-state index contributed by atoms with van der Waals surface area (Å²) in [5.74, 6) is -0.382. The van der Waals surface area contributed by atoms with E-state index >= 15 is 0 Å². The van der Waals surface area contributed by atoms with Crippen LogP contribution in [0.3, 0.4) is 0 Å². The molecule has 0 saturated heterocycles. The Hall–Kier alpha value is -1.40. The van der Waals surface area contributed by atoms with Crippen molar-refractivity contribution in [3.63, 3.8) is 0 Å². The molecule has 1 heterocycles. The highest BCUT2D eigenvalue weighted by molar-refractivity contribution is 7.10. The molecule has 0 fully saturated rings. The van der Waals surface area contributed by atoms with E-state index in [1.165, 1.54) is 16.2 Å². The smallest absolute Gasteiger partial charge is 0.245 e. The van der Waals surface area contributed by atoms with Crippen LogP contribution in [0.25, 0.3) is 0 Å². The first-order chi connectivity index (χ1) is 8.95. The molecule has 1 unspecified atom stereocenters. The third kappa shape index (κ3) is 4.65. The van der Waals surface area contributed by atoms with Crippen LogP contribution in [0, 0.1) is 0 Å². The van der Waals surface area contributed by atoms with Crippen LogP contribution in [-0.2, 0) is 9.59 Å². The van der Waals surface area contributed by atoms with Crippen molar-refractivity contribution in [1.82, 2.24) is 10.2 Å². The number of carbonyl (C=O) groups is 2. The van der Waals surface area contributed by atoms with Crippen LogP contribution in [0.4, 0.5) is 0 Å². The molecular formula is C13H21N3O2S. The van der Waals surface area contributed by atoms with Gasteiger partial charge in [-0.05, 0) is 32.2 Å². The maximum atomic E-state index is 12.2. The quantitative estimate of drug-likeness (QED) is 0.821. The highest BCUT2D eigenvalue weighted by Gasteiger charge is 2.23. The van der Waals surface area contributed by atoms with Gasteiger partial charge in [0.25, 0.3) is 0 Å². The monoisotopic (exact) mass is 283 g/mol. The van der Waals surface area contributed by atoms with Gasteiger partial charge >= 0.3 is 0 Å². The van der Waals surface area contributed by atoms with E-state index in [4.69, 9.17) is 5.73 Å². The SMILES string of the molecule is CCN(CC(=O)NC(C)C)C(=O)C(N)c1cccs1. The number of amides is 2. The molecular weight excluding hydrogens is 262 g/mol. The summed E-state index contributed by atoms with van der Waals surface area (Å²) >= 11 is 1.44. The molecule has 1 rings (SSSR count). The first kappa shape index (κ1) is 15.7. The molecule has 0 saturated carbocycles. The Kier molecular flexibility index (Phi) is 5.98. The Balaban J connectivity index is 2.64. The summed E-state index contributed by atoms with van der Waals surface area (Å²) in [5.41, 5.74) is 5.92. The second kappa shape index (κ2) is 7.25. The van der Waals surface area contributed by atoms with Crippen molar-refractivity contribution in [2.24, 2.45) is 5.73 Å². The zero-order chi connectivity index (χ0) is 14.4. The van der Waals surface area contributed by atoms with E-state index in [9.17, 15) is 9.59 Å². The third-order valence-electron chi connectivity index (χ3n) is 2.59. The fraction of sp³-hybridized carbons (Fsp3) is 0.538. The van der Waals surface area contributed by atoms with Gasteiger partial charge in [0.05, 0.1) is 6.54 Å². The molecule has 106 valence electrons. The number of likely N-dealkylation sites (N-methyl/N-ethyl adjacent to an activating group) is 1. The van der Waals surface area contributed by atoms with Gasteiger partial charge in [0.2, 0.25) is 11.8 Å². The molecule has 0 aliphatic carbocycles. The Morgan fingerprint density at radius 1 is 1.47 bits per heavy atom. The van der Waals surface area contributed by atoms with Crippen LogP contribution >= 0.6 is 11.3 Å². The Morgan fingerprint density at radius 2 is 2.16 bits per heavy atom. The van der Waals surface area contributed by atoms with E-state index in [1.54, 1.807) is 0 Å². The van der Waals surface area contributed by atoms with Gasteiger partial charge in [-0.15, -0.1) is 11.3 Å². The molecule has 6 heteroatoms. The van der Waals surface area contributed by atoms with Gasteiger partial charge in [0, 0.05) is 17.5 Å². The molecule has 1 aromatic heterocycles. The number of nitrogens with one attached hydrogen (secondary N) is 1. The molecule has 0 spiro atoms. The second-order valence-corrected chi connectivity index (χ2v) is 5.55. The van der Waals surface area contributed by atoms with Crippen LogP contribution in [-0.4, -0.2) is 35.8 Å². The van der Waals surface area contributed by atoms with Crippen LogP contribution < -0.4 is 11.1 Å². The third-order valence-corrected chi connectivity index (χ3v) is 3.55. The summed E-state index contributed by atoms with van der Waals surface area (Å²) in [5, 5.41) is 4.64. The van der Waals surface area contributed by atoms with Gasteiger partial charge in [-0.3, -0.25) is 9.59 Å². The largest absolute Gasteiger partial charge is 0.352 e. The number of hydrogen-bond acceptors (Lipinski definition) is 4. The molecule has 0 bridgehead atoms. The minimum atomic E-state index is -0.688. The van der Waals surface area contributed by atoms with E-state index < -0.39 is 6.04 Å². The van der Waals surface area contributed by atoms with Crippen LogP contribution in [0.1, 0.15) is 31.7 Å². The molecule has 0 aromatic carbocycles. The van der Waals surface area contributed by atoms with E-state index in [0.29, 0.717) is 6.54 Å². The average molecular weight is 283 g/mol. The molecule has 0 radical (unpaired) electrons. The van der Waals surface area contributed by atoms with Crippen molar-refractivity contribution in [3.8, 4) is 0 Å². The van der Waals surface area contributed by atoms with Crippen molar-refractivity contribution >= 4 is 23.2 Å². The standard InChI is InChI=1S/C13H21N3O2S/c1-4-16(8-11(17)15-9(2)3)13(18)12(14)10-6-5-7-19-10/h5-7,9,12H,4,8,14H2,1-3H3,(H,15,17). The summed E-state index contributed by atoms with van der Waals surface area (Å²) in [7, 11) is 0. The Bertz CT molecular complexity index is 418. The first-order valence-corrected chi connectivity index (χ1v) is 7.20. The molecule has 3 N–H and O–H groups in total. The van der Waals surface area contributed by atoms with Crippen molar-refractivity contribution in [3.05, 3.63) is 22.4 Å². The summed E-state index contributed by atoms with van der Waals surface area (Å²) in [6, 6.07) is 3.06. The predicted molar refractivity (Wildman–Crippen MR) is 76.8 cm³/mol. The lowest BCUT2D eigenvalue weighted by Crippen LogP contribution is -2.45. The number of hydrogen-bond donors (Lipinski definition) is 2. The summed E-state index contributed by atoms with van der Waals surface area (Å²) in [4.78, 5) is 26.2. The van der Waals surface area contributed by atoms with Crippen molar-refractivity contribution in [2.45, 2.75) is 32.9 Å². The fourth-order valence-electron chi connectivity index (χ4n) is 1.67. The van der Waals surface area contributed by atoms with Gasteiger partial charge in [-0.1, -0.05) is 6.07 Å². The van der Waals surface area contributed by atoms with Gasteiger partial charge in [-0.2, -0.15) is 0 Å². The number of nitrogens with zero attached hydrogens (tertiary/aromatic N) is 1. The van der Waals surface area contributed by atoms with Crippen LogP contribution in [0.2, 0.25) is 0 Å². The molecule has 19 heavy (non-hydrogen) atoms. The normalized spacial score (nSPS) is 12.3. The maximum absolute atomic E-state index is 12.2. The summed E-state index contributed by atoms with van der Waals surface area (Å²) in [6.45, 7) is 6.11. The van der Waals surface area contributed by atoms with Crippen molar-refractivity contribution in [1.29, 1.82) is 0 Å². The molecule has 0 aliphatic rings. The van der Waals surface area contributed by atoms with E-state index in [2.05, 4.69) is 5.32 Å². The lowest BCUT2D eigenvalue weighted by atomic mass is 10.2. The molecule has 2 amide bonds. The minimum absolute atomic E-state index is 0.0482. The lowest BCUT2D eigenvalue weighted by Gasteiger charge is -2.23.